The first kappa shape index (κ1) is 27.3. The molecule has 0 saturated heterocycles. The number of methoxy groups -OCH3 is 2. The molecule has 38 heavy (non-hydrogen) atoms. The molecular weight excluding hydrogens is 502 g/mol. The van der Waals surface area contributed by atoms with E-state index in [9.17, 15) is 9.59 Å². The number of aliphatic imine (C=N–C) groups is 1. The summed E-state index contributed by atoms with van der Waals surface area (Å²) in [7, 11) is 3.16. The molecule has 2 aromatic carbocycles. The molecule has 8 nitrogen and oxygen atoms in total. The van der Waals surface area contributed by atoms with Gasteiger partial charge in [-0.25, -0.2) is 9.79 Å². The van der Waals surface area contributed by atoms with Gasteiger partial charge < -0.3 is 24.4 Å². The molecule has 1 amide bonds. The molecule has 0 fully saturated rings. The second-order valence-corrected chi connectivity index (χ2v) is 10.2. The van der Waals surface area contributed by atoms with E-state index >= 15 is 0 Å². The van der Waals surface area contributed by atoms with Gasteiger partial charge in [-0.2, -0.15) is 0 Å². The zero-order valence-corrected chi connectivity index (χ0v) is 23.3. The van der Waals surface area contributed by atoms with Crippen molar-refractivity contribution in [2.75, 3.05) is 14.2 Å². The fourth-order valence-corrected chi connectivity index (χ4v) is 5.49. The molecule has 1 N–H and O–H groups in total. The maximum Gasteiger partial charge on any atom is 0.338 e. The number of benzene rings is 2. The standard InChI is InChI=1S/C29H33N3O5S/c1-17(2)37-28(34)26-19(4)31-29-32(27(26)23-13-12-22(35-5)15-24(23)36-6)21(16-38-29)14-25(33)30-18(3)20-10-8-7-9-11-20/h7-13,15-18,27H,14H2,1-6H3,(H,30,33)/t18-,27+/m0/s1. The van der Waals surface area contributed by atoms with Crippen molar-refractivity contribution < 1.29 is 23.8 Å². The summed E-state index contributed by atoms with van der Waals surface area (Å²) in [6.45, 7) is 7.38. The molecule has 2 heterocycles. The second-order valence-electron chi connectivity index (χ2n) is 9.33. The first-order valence-corrected chi connectivity index (χ1v) is 13.3. The number of hydrogen-bond donors (Lipinski definition) is 1. The summed E-state index contributed by atoms with van der Waals surface area (Å²) in [5.41, 5.74) is 3.46. The van der Waals surface area contributed by atoms with Crippen LogP contribution in [-0.4, -0.2) is 42.3 Å². The number of nitrogens with one attached hydrogen (secondary N) is 1. The van der Waals surface area contributed by atoms with Crippen molar-refractivity contribution in [3.63, 3.8) is 0 Å². The summed E-state index contributed by atoms with van der Waals surface area (Å²) < 4.78 is 16.7. The Morgan fingerprint density at radius 3 is 2.47 bits per heavy atom. The van der Waals surface area contributed by atoms with Crippen LogP contribution in [0.4, 0.5) is 0 Å². The van der Waals surface area contributed by atoms with Crippen molar-refractivity contribution in [1.29, 1.82) is 0 Å². The SMILES string of the molecule is COc1ccc([C@@H]2C(C(=O)OC(C)C)=C(C)N=C3SC=C(CC(=O)N[C@@H](C)c4ccccc4)N32)c(OC)c1. The highest BCUT2D eigenvalue weighted by molar-refractivity contribution is 8.16. The predicted molar refractivity (Wildman–Crippen MR) is 149 cm³/mol. The average Bonchev–Trinajstić information content (AvgIpc) is 3.28. The third-order valence-electron chi connectivity index (χ3n) is 6.32. The highest BCUT2D eigenvalue weighted by Gasteiger charge is 2.42. The normalized spacial score (nSPS) is 17.4. The van der Waals surface area contributed by atoms with Crippen molar-refractivity contribution in [2.45, 2.75) is 52.3 Å². The number of carbonyl (C=O) groups excluding carboxylic acids is 2. The highest BCUT2D eigenvalue weighted by atomic mass is 32.2. The van der Waals surface area contributed by atoms with Crippen LogP contribution in [0.2, 0.25) is 0 Å². The Hall–Kier alpha value is -3.72. The molecule has 2 aliphatic rings. The molecule has 2 atom stereocenters. The molecular formula is C29H33N3O5S. The molecule has 0 aromatic heterocycles. The van der Waals surface area contributed by atoms with Crippen molar-refractivity contribution in [2.24, 2.45) is 4.99 Å². The van der Waals surface area contributed by atoms with E-state index in [4.69, 9.17) is 19.2 Å². The van der Waals surface area contributed by atoms with Gasteiger partial charge in [-0.3, -0.25) is 4.79 Å². The predicted octanol–water partition coefficient (Wildman–Crippen LogP) is 5.50. The summed E-state index contributed by atoms with van der Waals surface area (Å²) in [5, 5.41) is 5.68. The van der Waals surface area contributed by atoms with Gasteiger partial charge in [0.1, 0.15) is 11.5 Å². The van der Waals surface area contributed by atoms with Gasteiger partial charge in [-0.05, 0) is 50.8 Å². The van der Waals surface area contributed by atoms with Crippen LogP contribution in [0.5, 0.6) is 11.5 Å². The van der Waals surface area contributed by atoms with Crippen molar-refractivity contribution >= 4 is 28.8 Å². The number of hydrogen-bond acceptors (Lipinski definition) is 8. The van der Waals surface area contributed by atoms with Crippen LogP contribution >= 0.6 is 11.8 Å². The summed E-state index contributed by atoms with van der Waals surface area (Å²) in [6.07, 6.45) is -0.191. The summed E-state index contributed by atoms with van der Waals surface area (Å²) in [5.74, 6) is 0.592. The number of amides is 1. The van der Waals surface area contributed by atoms with E-state index < -0.39 is 12.0 Å². The number of rotatable bonds is 9. The molecule has 0 spiro atoms. The van der Waals surface area contributed by atoms with Crippen LogP contribution in [0.3, 0.4) is 0 Å². The van der Waals surface area contributed by atoms with Crippen molar-refractivity contribution in [1.82, 2.24) is 10.2 Å². The van der Waals surface area contributed by atoms with Gasteiger partial charge in [0.05, 0.1) is 50.1 Å². The Morgan fingerprint density at radius 1 is 1.08 bits per heavy atom. The largest absolute Gasteiger partial charge is 0.497 e. The highest BCUT2D eigenvalue weighted by Crippen LogP contribution is 2.47. The number of ether oxygens (including phenoxy) is 3. The molecule has 2 aliphatic heterocycles. The Morgan fingerprint density at radius 2 is 1.82 bits per heavy atom. The van der Waals surface area contributed by atoms with Gasteiger partial charge in [0, 0.05) is 17.3 Å². The Labute approximate surface area is 227 Å². The van der Waals surface area contributed by atoms with E-state index in [1.165, 1.54) is 11.8 Å². The fraction of sp³-hybridized carbons (Fsp3) is 0.345. The first-order valence-electron chi connectivity index (χ1n) is 12.4. The molecule has 0 unspecified atom stereocenters. The van der Waals surface area contributed by atoms with E-state index in [2.05, 4.69) is 5.32 Å². The molecule has 0 radical (unpaired) electrons. The molecule has 9 heteroatoms. The van der Waals surface area contributed by atoms with Crippen LogP contribution in [-0.2, 0) is 14.3 Å². The van der Waals surface area contributed by atoms with Gasteiger partial charge in [0.2, 0.25) is 5.91 Å². The molecule has 2 aromatic rings. The number of fused-ring (bicyclic) bond motifs is 1. The Kier molecular flexibility index (Phi) is 8.46. The number of thioether (sulfide) groups is 1. The number of allylic oxidation sites excluding steroid dienone is 1. The van der Waals surface area contributed by atoms with E-state index in [0.717, 1.165) is 16.8 Å². The molecule has 0 bridgehead atoms. The average molecular weight is 536 g/mol. The van der Waals surface area contributed by atoms with Crippen molar-refractivity contribution in [3.8, 4) is 11.5 Å². The maximum absolute atomic E-state index is 13.4. The number of nitrogens with zero attached hydrogens (tertiary/aromatic N) is 2. The second kappa shape index (κ2) is 11.8. The molecule has 4 rings (SSSR count). The lowest BCUT2D eigenvalue weighted by Gasteiger charge is -2.37. The van der Waals surface area contributed by atoms with E-state index in [1.54, 1.807) is 27.2 Å². The third-order valence-corrected chi connectivity index (χ3v) is 7.21. The monoisotopic (exact) mass is 535 g/mol. The number of carbonyl (C=O) groups is 2. The van der Waals surface area contributed by atoms with Crippen LogP contribution in [0, 0.1) is 0 Å². The maximum atomic E-state index is 13.4. The lowest BCUT2D eigenvalue weighted by molar-refractivity contribution is -0.143. The van der Waals surface area contributed by atoms with Crippen LogP contribution in [0.15, 0.2) is 75.9 Å². The van der Waals surface area contributed by atoms with Gasteiger partial charge in [-0.1, -0.05) is 42.1 Å². The van der Waals surface area contributed by atoms with E-state index in [1.807, 2.05) is 73.5 Å². The Bertz CT molecular complexity index is 1300. The minimum atomic E-state index is -0.602. The topological polar surface area (TPSA) is 89.5 Å². The minimum Gasteiger partial charge on any atom is -0.497 e. The van der Waals surface area contributed by atoms with Gasteiger partial charge in [0.15, 0.2) is 5.17 Å². The van der Waals surface area contributed by atoms with Gasteiger partial charge >= 0.3 is 5.97 Å². The van der Waals surface area contributed by atoms with Gasteiger partial charge in [0.25, 0.3) is 0 Å². The van der Waals surface area contributed by atoms with Crippen LogP contribution in [0.25, 0.3) is 0 Å². The van der Waals surface area contributed by atoms with Crippen LogP contribution < -0.4 is 14.8 Å². The van der Waals surface area contributed by atoms with E-state index in [-0.39, 0.29) is 24.5 Å². The number of amidine groups is 1. The molecule has 0 aliphatic carbocycles. The van der Waals surface area contributed by atoms with E-state index in [0.29, 0.717) is 27.9 Å². The van der Waals surface area contributed by atoms with Gasteiger partial charge in [-0.15, -0.1) is 0 Å². The first-order chi connectivity index (χ1) is 18.2. The molecule has 200 valence electrons. The third kappa shape index (κ3) is 5.72. The zero-order chi connectivity index (χ0) is 27.4. The fourth-order valence-electron chi connectivity index (χ4n) is 4.53. The zero-order valence-electron chi connectivity index (χ0n) is 22.5. The molecule has 0 saturated carbocycles. The number of esters is 1. The summed E-state index contributed by atoms with van der Waals surface area (Å²) >= 11 is 1.42. The smallest absolute Gasteiger partial charge is 0.338 e. The Balaban J connectivity index is 1.70. The summed E-state index contributed by atoms with van der Waals surface area (Å²) in [6, 6.07) is 14.5. The van der Waals surface area contributed by atoms with Crippen molar-refractivity contribution in [3.05, 3.63) is 82.0 Å². The lowest BCUT2D eigenvalue weighted by atomic mass is 9.93. The lowest BCUT2D eigenvalue weighted by Crippen LogP contribution is -2.38. The summed E-state index contributed by atoms with van der Waals surface area (Å²) in [4.78, 5) is 33.2. The van der Waals surface area contributed by atoms with Crippen LogP contribution in [0.1, 0.15) is 57.3 Å². The minimum absolute atomic E-state index is 0.115. The quantitative estimate of drug-likeness (QED) is 0.424.